The Hall–Kier alpha value is -2.29. The third-order valence-electron chi connectivity index (χ3n) is 3.46. The van der Waals surface area contributed by atoms with Gasteiger partial charge in [0.1, 0.15) is 0 Å². The van der Waals surface area contributed by atoms with Gasteiger partial charge in [0.05, 0.1) is 26.2 Å². The molecule has 0 spiro atoms. The maximum absolute atomic E-state index is 3.43. The molecule has 1 heterocycles. The Morgan fingerprint density at radius 2 is 1.15 bits per heavy atom. The summed E-state index contributed by atoms with van der Waals surface area (Å²) in [5, 5.41) is 6.86. The number of hydrogen-bond acceptors (Lipinski definition) is 0. The third kappa shape index (κ3) is 3.18. The van der Waals surface area contributed by atoms with Gasteiger partial charge in [-0.25, -0.2) is 0 Å². The average molecular weight is 266 g/mol. The lowest BCUT2D eigenvalue weighted by Crippen LogP contribution is -2.35. The van der Waals surface area contributed by atoms with Crippen LogP contribution in [-0.4, -0.2) is 23.6 Å². The number of nitrogens with zero attached hydrogens (tertiary/aromatic N) is 1. The maximum atomic E-state index is 3.43. The largest absolute Gasteiger partial charge is 0.346 e. The molecule has 3 nitrogen and oxygen atoms in total. The molecule has 3 rings (SSSR count). The highest BCUT2D eigenvalue weighted by atomic mass is 15.3. The minimum Gasteiger partial charge on any atom is -0.275 e. The Bertz CT molecular complexity index is 524. The van der Waals surface area contributed by atoms with Crippen LogP contribution in [0, 0.1) is 0 Å². The minimum absolute atomic E-state index is 0.908. The van der Waals surface area contributed by atoms with E-state index in [9.17, 15) is 0 Å². The highest BCUT2D eigenvalue weighted by molar-refractivity contribution is 5.76. The summed E-state index contributed by atoms with van der Waals surface area (Å²) in [6.45, 7) is 3.81. The SMILES string of the molecule is c1ccc(C[N+](Cc2ccccc2)=C2NCCN2)cc1. The molecule has 0 unspecified atom stereocenters. The molecule has 1 aliphatic rings. The molecule has 0 saturated carbocycles. The molecule has 0 aromatic heterocycles. The predicted octanol–water partition coefficient (Wildman–Crippen LogP) is 1.95. The zero-order chi connectivity index (χ0) is 13.6. The van der Waals surface area contributed by atoms with Gasteiger partial charge in [-0.1, -0.05) is 60.7 Å². The zero-order valence-corrected chi connectivity index (χ0v) is 11.5. The van der Waals surface area contributed by atoms with E-state index in [-0.39, 0.29) is 0 Å². The van der Waals surface area contributed by atoms with Gasteiger partial charge in [0.15, 0.2) is 0 Å². The van der Waals surface area contributed by atoms with Crippen molar-refractivity contribution in [2.24, 2.45) is 0 Å². The van der Waals surface area contributed by atoms with Crippen molar-refractivity contribution < 1.29 is 4.58 Å². The van der Waals surface area contributed by atoms with Crippen molar-refractivity contribution in [3.63, 3.8) is 0 Å². The molecule has 0 aliphatic carbocycles. The van der Waals surface area contributed by atoms with Crippen LogP contribution in [0.3, 0.4) is 0 Å². The van der Waals surface area contributed by atoms with Crippen LogP contribution < -0.4 is 10.6 Å². The molecule has 0 atom stereocenters. The fourth-order valence-corrected chi connectivity index (χ4v) is 2.47. The number of benzene rings is 2. The predicted molar refractivity (Wildman–Crippen MR) is 81.6 cm³/mol. The van der Waals surface area contributed by atoms with E-state index in [2.05, 4.69) is 75.9 Å². The van der Waals surface area contributed by atoms with Crippen molar-refractivity contribution in [3.05, 3.63) is 71.8 Å². The molecule has 2 N–H and O–H groups in total. The molecule has 1 aliphatic heterocycles. The maximum Gasteiger partial charge on any atom is 0.346 e. The molecule has 2 aromatic rings. The summed E-state index contributed by atoms with van der Waals surface area (Å²) in [4.78, 5) is 0. The lowest BCUT2D eigenvalue weighted by Gasteiger charge is -2.11. The summed E-state index contributed by atoms with van der Waals surface area (Å²) in [6, 6.07) is 21.2. The first kappa shape index (κ1) is 12.7. The van der Waals surface area contributed by atoms with E-state index in [4.69, 9.17) is 0 Å². The highest BCUT2D eigenvalue weighted by Crippen LogP contribution is 2.06. The van der Waals surface area contributed by atoms with Crippen LogP contribution in [-0.2, 0) is 13.1 Å². The van der Waals surface area contributed by atoms with Crippen LogP contribution in [0.2, 0.25) is 0 Å². The van der Waals surface area contributed by atoms with Crippen LogP contribution in [0.4, 0.5) is 0 Å². The standard InChI is InChI=1S/C17H19N3/c1-3-7-15(8-4-1)13-20(17-18-11-12-19-17)14-16-9-5-2-6-10-16/h1-10H,11-14H2,(H,18,19)/p+1. The first-order valence-corrected chi connectivity index (χ1v) is 7.09. The van der Waals surface area contributed by atoms with Crippen molar-refractivity contribution in [1.29, 1.82) is 0 Å². The number of nitrogens with one attached hydrogen (secondary N) is 2. The fraction of sp³-hybridized carbons (Fsp3) is 0.235. The molecule has 0 amide bonds. The van der Waals surface area contributed by atoms with Crippen molar-refractivity contribution in [2.45, 2.75) is 13.1 Å². The summed E-state index contributed by atoms with van der Waals surface area (Å²) in [7, 11) is 0. The Kier molecular flexibility index (Phi) is 3.97. The van der Waals surface area contributed by atoms with Crippen molar-refractivity contribution in [3.8, 4) is 0 Å². The molecule has 2 aromatic carbocycles. The van der Waals surface area contributed by atoms with E-state index in [1.54, 1.807) is 0 Å². The van der Waals surface area contributed by atoms with Gasteiger partial charge < -0.3 is 0 Å². The fourth-order valence-electron chi connectivity index (χ4n) is 2.47. The van der Waals surface area contributed by atoms with Crippen LogP contribution in [0.1, 0.15) is 11.1 Å². The monoisotopic (exact) mass is 266 g/mol. The highest BCUT2D eigenvalue weighted by Gasteiger charge is 2.18. The average Bonchev–Trinajstić information content (AvgIpc) is 3.03. The smallest absolute Gasteiger partial charge is 0.275 e. The number of rotatable bonds is 4. The molecule has 3 heteroatoms. The van der Waals surface area contributed by atoms with Gasteiger partial charge in [0.25, 0.3) is 0 Å². The van der Waals surface area contributed by atoms with E-state index in [1.807, 2.05) is 0 Å². The van der Waals surface area contributed by atoms with Gasteiger partial charge in [-0.2, -0.15) is 0 Å². The van der Waals surface area contributed by atoms with E-state index < -0.39 is 0 Å². The van der Waals surface area contributed by atoms with Gasteiger partial charge in [0, 0.05) is 0 Å². The van der Waals surface area contributed by atoms with Gasteiger partial charge in [-0.3, -0.25) is 15.2 Å². The lowest BCUT2D eigenvalue weighted by atomic mass is 10.2. The number of hydrogen-bond donors (Lipinski definition) is 2. The summed E-state index contributed by atoms with van der Waals surface area (Å²) < 4.78 is 2.36. The van der Waals surface area contributed by atoms with E-state index >= 15 is 0 Å². The van der Waals surface area contributed by atoms with E-state index in [0.717, 1.165) is 32.1 Å². The van der Waals surface area contributed by atoms with Crippen LogP contribution in [0.5, 0.6) is 0 Å². The third-order valence-corrected chi connectivity index (χ3v) is 3.46. The zero-order valence-electron chi connectivity index (χ0n) is 11.5. The Morgan fingerprint density at radius 1 is 0.700 bits per heavy atom. The number of guanidine groups is 1. The lowest BCUT2D eigenvalue weighted by molar-refractivity contribution is -0.563. The van der Waals surface area contributed by atoms with E-state index in [1.165, 1.54) is 11.1 Å². The molecular formula is C17H20N3+. The molecule has 102 valence electrons. The van der Waals surface area contributed by atoms with Crippen LogP contribution in [0.25, 0.3) is 0 Å². The van der Waals surface area contributed by atoms with Crippen molar-refractivity contribution in [2.75, 3.05) is 13.1 Å². The molecule has 20 heavy (non-hydrogen) atoms. The van der Waals surface area contributed by atoms with Gasteiger partial charge >= 0.3 is 5.96 Å². The second kappa shape index (κ2) is 6.24. The van der Waals surface area contributed by atoms with Gasteiger partial charge in [-0.05, 0) is 11.1 Å². The molecule has 1 fully saturated rings. The summed E-state index contributed by atoms with van der Waals surface area (Å²) in [5.74, 6) is 1.14. The molecular weight excluding hydrogens is 246 g/mol. The topological polar surface area (TPSA) is 27.1 Å². The second-order valence-electron chi connectivity index (χ2n) is 5.03. The first-order chi connectivity index (χ1) is 9.92. The van der Waals surface area contributed by atoms with E-state index in [0.29, 0.717) is 0 Å². The summed E-state index contributed by atoms with van der Waals surface area (Å²) in [6.07, 6.45) is 0. The first-order valence-electron chi connectivity index (χ1n) is 7.09. The van der Waals surface area contributed by atoms with Gasteiger partial charge in [-0.15, -0.1) is 0 Å². The summed E-state index contributed by atoms with van der Waals surface area (Å²) in [5.41, 5.74) is 2.65. The van der Waals surface area contributed by atoms with Crippen molar-refractivity contribution in [1.82, 2.24) is 10.6 Å². The molecule has 0 radical (unpaired) electrons. The minimum atomic E-state index is 0.908. The summed E-state index contributed by atoms with van der Waals surface area (Å²) >= 11 is 0. The Morgan fingerprint density at radius 3 is 1.60 bits per heavy atom. The van der Waals surface area contributed by atoms with Crippen LogP contribution in [0.15, 0.2) is 60.7 Å². The Balaban J connectivity index is 1.83. The quantitative estimate of drug-likeness (QED) is 0.828. The molecule has 1 saturated heterocycles. The van der Waals surface area contributed by atoms with Gasteiger partial charge in [0.2, 0.25) is 0 Å². The van der Waals surface area contributed by atoms with Crippen LogP contribution >= 0.6 is 0 Å². The normalized spacial score (nSPS) is 13.7. The molecule has 0 bridgehead atoms. The second-order valence-corrected chi connectivity index (χ2v) is 5.03. The van der Waals surface area contributed by atoms with Crippen molar-refractivity contribution >= 4 is 5.96 Å². The Labute approximate surface area is 120 Å².